The van der Waals surface area contributed by atoms with Crippen molar-refractivity contribution >= 4 is 17.5 Å². The van der Waals surface area contributed by atoms with Gasteiger partial charge in [-0.15, -0.1) is 0 Å². The predicted octanol–water partition coefficient (Wildman–Crippen LogP) is 2.61. The molecule has 1 atom stereocenters. The fourth-order valence-electron chi connectivity index (χ4n) is 2.60. The van der Waals surface area contributed by atoms with E-state index in [2.05, 4.69) is 15.8 Å². The molecule has 0 spiro atoms. The number of benzene rings is 1. The van der Waals surface area contributed by atoms with Crippen LogP contribution < -0.4 is 10.6 Å². The summed E-state index contributed by atoms with van der Waals surface area (Å²) in [6.45, 7) is 2.27. The molecule has 1 aliphatic rings. The first-order valence-electron chi connectivity index (χ1n) is 7.40. The summed E-state index contributed by atoms with van der Waals surface area (Å²) in [5.41, 5.74) is 1.50. The van der Waals surface area contributed by atoms with E-state index in [4.69, 9.17) is 16.1 Å². The van der Waals surface area contributed by atoms with Crippen LogP contribution in [0.5, 0.6) is 0 Å². The summed E-state index contributed by atoms with van der Waals surface area (Å²) in [5.74, 6) is 1.10. The molecule has 2 heterocycles. The Bertz CT molecular complexity index is 650. The quantitative estimate of drug-likeness (QED) is 0.889. The van der Waals surface area contributed by atoms with Gasteiger partial charge in [-0.3, -0.25) is 4.79 Å². The van der Waals surface area contributed by atoms with Crippen LogP contribution in [-0.2, 0) is 11.3 Å². The highest BCUT2D eigenvalue weighted by atomic mass is 35.5. The average Bonchev–Trinajstić information content (AvgIpc) is 3.17. The van der Waals surface area contributed by atoms with Crippen molar-refractivity contribution in [2.24, 2.45) is 5.92 Å². The smallest absolute Gasteiger partial charge is 0.220 e. The molecule has 1 saturated heterocycles. The van der Waals surface area contributed by atoms with Crippen LogP contribution in [0.4, 0.5) is 0 Å². The maximum atomic E-state index is 11.9. The molecule has 3 rings (SSSR count). The van der Waals surface area contributed by atoms with E-state index in [9.17, 15) is 4.79 Å². The number of rotatable bonds is 5. The van der Waals surface area contributed by atoms with Gasteiger partial charge in [0.2, 0.25) is 5.91 Å². The molecule has 1 aromatic carbocycles. The Morgan fingerprint density at radius 1 is 1.45 bits per heavy atom. The first kappa shape index (κ1) is 15.1. The number of nitrogens with zero attached hydrogens (tertiary/aromatic N) is 1. The van der Waals surface area contributed by atoms with Crippen molar-refractivity contribution in [3.8, 4) is 11.3 Å². The van der Waals surface area contributed by atoms with Crippen LogP contribution in [0.25, 0.3) is 11.3 Å². The molecule has 0 aliphatic carbocycles. The van der Waals surface area contributed by atoms with Gasteiger partial charge < -0.3 is 15.2 Å². The van der Waals surface area contributed by atoms with Crippen LogP contribution in [-0.4, -0.2) is 24.2 Å². The van der Waals surface area contributed by atoms with Crippen molar-refractivity contribution in [3.05, 3.63) is 41.1 Å². The molecule has 2 aromatic rings. The third-order valence-corrected chi connectivity index (χ3v) is 4.13. The molecule has 1 fully saturated rings. The second kappa shape index (κ2) is 6.94. The highest BCUT2D eigenvalue weighted by Crippen LogP contribution is 2.26. The van der Waals surface area contributed by atoms with Crippen LogP contribution in [0.3, 0.4) is 0 Å². The molecule has 1 amide bonds. The summed E-state index contributed by atoms with van der Waals surface area (Å²) in [5, 5.41) is 10.8. The summed E-state index contributed by atoms with van der Waals surface area (Å²) in [4.78, 5) is 11.9. The van der Waals surface area contributed by atoms with E-state index in [0.717, 1.165) is 25.1 Å². The first-order chi connectivity index (χ1) is 10.7. The molecule has 22 heavy (non-hydrogen) atoms. The second-order valence-electron chi connectivity index (χ2n) is 5.50. The lowest BCUT2D eigenvalue weighted by Crippen LogP contribution is -2.25. The van der Waals surface area contributed by atoms with Crippen LogP contribution in [0.15, 0.2) is 34.9 Å². The van der Waals surface area contributed by atoms with Crippen molar-refractivity contribution in [3.63, 3.8) is 0 Å². The molecule has 116 valence electrons. The molecule has 2 N–H and O–H groups in total. The van der Waals surface area contributed by atoms with E-state index in [-0.39, 0.29) is 5.91 Å². The Balaban J connectivity index is 1.55. The second-order valence-corrected chi connectivity index (χ2v) is 5.91. The van der Waals surface area contributed by atoms with Crippen LogP contribution in [0, 0.1) is 5.92 Å². The van der Waals surface area contributed by atoms with E-state index < -0.39 is 0 Å². The lowest BCUT2D eigenvalue weighted by atomic mass is 10.0. The summed E-state index contributed by atoms with van der Waals surface area (Å²) >= 11 is 6.13. The maximum absolute atomic E-state index is 11.9. The molecule has 1 aromatic heterocycles. The van der Waals surface area contributed by atoms with Gasteiger partial charge in [0.1, 0.15) is 5.69 Å². The van der Waals surface area contributed by atoms with E-state index >= 15 is 0 Å². The molecule has 1 aliphatic heterocycles. The number of carbonyl (C=O) groups is 1. The molecule has 0 bridgehead atoms. The van der Waals surface area contributed by atoms with Crippen molar-refractivity contribution in [1.29, 1.82) is 0 Å². The Kier molecular flexibility index (Phi) is 4.75. The Hall–Kier alpha value is -1.85. The van der Waals surface area contributed by atoms with E-state index in [1.165, 1.54) is 0 Å². The molecule has 0 unspecified atom stereocenters. The fraction of sp³-hybridized carbons (Fsp3) is 0.375. The van der Waals surface area contributed by atoms with Crippen LogP contribution in [0.2, 0.25) is 5.02 Å². The molecule has 6 heteroatoms. The lowest BCUT2D eigenvalue weighted by Gasteiger charge is -2.07. The van der Waals surface area contributed by atoms with Crippen molar-refractivity contribution in [2.75, 3.05) is 13.1 Å². The van der Waals surface area contributed by atoms with Gasteiger partial charge >= 0.3 is 0 Å². The van der Waals surface area contributed by atoms with E-state index in [1.807, 2.05) is 24.3 Å². The van der Waals surface area contributed by atoms with E-state index in [1.54, 1.807) is 6.07 Å². The third kappa shape index (κ3) is 3.67. The van der Waals surface area contributed by atoms with Gasteiger partial charge in [-0.1, -0.05) is 35.0 Å². The maximum Gasteiger partial charge on any atom is 0.220 e. The number of hydrogen-bond donors (Lipinski definition) is 2. The van der Waals surface area contributed by atoms with Crippen LogP contribution in [0.1, 0.15) is 18.6 Å². The zero-order chi connectivity index (χ0) is 15.4. The summed E-state index contributed by atoms with van der Waals surface area (Å²) in [6, 6.07) is 9.26. The SMILES string of the molecule is O=C(C[C@@H]1CCNC1)NCc1cc(-c2ccccc2Cl)no1. The highest BCUT2D eigenvalue weighted by molar-refractivity contribution is 6.33. The van der Waals surface area contributed by atoms with Gasteiger partial charge in [-0.2, -0.15) is 0 Å². The average molecular weight is 320 g/mol. The standard InChI is InChI=1S/C16H18ClN3O2/c17-14-4-2-1-3-13(14)15-8-12(22-20-15)10-19-16(21)7-11-5-6-18-9-11/h1-4,8,11,18H,5-7,9-10H2,(H,19,21)/t11-/m0/s1. The monoisotopic (exact) mass is 319 g/mol. The van der Waals surface area contributed by atoms with Crippen molar-refractivity contribution in [1.82, 2.24) is 15.8 Å². The summed E-state index contributed by atoms with van der Waals surface area (Å²) in [6.07, 6.45) is 1.62. The molecule has 5 nitrogen and oxygen atoms in total. The lowest BCUT2D eigenvalue weighted by molar-refractivity contribution is -0.122. The third-order valence-electron chi connectivity index (χ3n) is 3.80. The number of nitrogens with one attached hydrogen (secondary N) is 2. The van der Waals surface area contributed by atoms with Gasteiger partial charge in [0.15, 0.2) is 5.76 Å². The molecule has 0 radical (unpaired) electrons. The van der Waals surface area contributed by atoms with Gasteiger partial charge in [-0.05, 0) is 31.5 Å². The number of halogens is 1. The topological polar surface area (TPSA) is 67.2 Å². The molecular formula is C16H18ClN3O2. The minimum Gasteiger partial charge on any atom is -0.359 e. The van der Waals surface area contributed by atoms with Crippen LogP contribution >= 0.6 is 11.6 Å². The Labute approximate surface area is 134 Å². The Morgan fingerprint density at radius 2 is 2.32 bits per heavy atom. The zero-order valence-electron chi connectivity index (χ0n) is 12.1. The molecule has 0 saturated carbocycles. The van der Waals surface area contributed by atoms with Gasteiger partial charge in [-0.25, -0.2) is 0 Å². The number of hydrogen-bond acceptors (Lipinski definition) is 4. The fourth-order valence-corrected chi connectivity index (χ4v) is 2.83. The number of carbonyl (C=O) groups excluding carboxylic acids is 1. The summed E-state index contributed by atoms with van der Waals surface area (Å²) < 4.78 is 5.26. The van der Waals surface area contributed by atoms with Gasteiger partial charge in [0.05, 0.1) is 11.6 Å². The minimum absolute atomic E-state index is 0.0457. The van der Waals surface area contributed by atoms with Gasteiger partial charge in [0.25, 0.3) is 0 Å². The predicted molar refractivity (Wildman–Crippen MR) is 84.4 cm³/mol. The number of amides is 1. The molecular weight excluding hydrogens is 302 g/mol. The number of aromatic nitrogens is 1. The minimum atomic E-state index is 0.0457. The zero-order valence-corrected chi connectivity index (χ0v) is 12.9. The largest absolute Gasteiger partial charge is 0.359 e. The van der Waals surface area contributed by atoms with Gasteiger partial charge in [0, 0.05) is 18.1 Å². The summed E-state index contributed by atoms with van der Waals surface area (Å²) in [7, 11) is 0. The van der Waals surface area contributed by atoms with Crippen molar-refractivity contribution in [2.45, 2.75) is 19.4 Å². The normalized spacial score (nSPS) is 17.6. The Morgan fingerprint density at radius 3 is 3.09 bits per heavy atom. The van der Waals surface area contributed by atoms with E-state index in [0.29, 0.717) is 35.4 Å². The first-order valence-corrected chi connectivity index (χ1v) is 7.78. The van der Waals surface area contributed by atoms with Crippen molar-refractivity contribution < 1.29 is 9.32 Å². The highest BCUT2D eigenvalue weighted by Gasteiger charge is 2.18.